The highest BCUT2D eigenvalue weighted by molar-refractivity contribution is 14.0. The number of nitro benzene ring substituents is 1. The Balaban J connectivity index is 0.00000364. The molecule has 2 N–H and O–H groups in total. The molecule has 1 unspecified atom stereocenters. The molecule has 0 aliphatic rings. The lowest BCUT2D eigenvalue weighted by atomic mass is 10.2. The van der Waals surface area contributed by atoms with E-state index in [1.807, 2.05) is 38.1 Å². The first kappa shape index (κ1) is 22.7. The second kappa shape index (κ2) is 11.4. The quantitative estimate of drug-likeness (QED) is 0.206. The number of hydrogen-bond donors (Lipinski definition) is 2. The Morgan fingerprint density at radius 1 is 1.19 bits per heavy atom. The van der Waals surface area contributed by atoms with Gasteiger partial charge in [-0.15, -0.1) is 24.0 Å². The highest BCUT2D eigenvalue weighted by atomic mass is 127. The van der Waals surface area contributed by atoms with Crippen molar-refractivity contribution < 1.29 is 9.66 Å². The van der Waals surface area contributed by atoms with E-state index in [1.54, 1.807) is 25.2 Å². The maximum absolute atomic E-state index is 11.1. The lowest BCUT2D eigenvalue weighted by Crippen LogP contribution is -2.41. The summed E-state index contributed by atoms with van der Waals surface area (Å²) < 4.78 is 5.92. The van der Waals surface area contributed by atoms with Gasteiger partial charge >= 0.3 is 0 Å². The fraction of sp³-hybridized carbons (Fsp3) is 0.316. The summed E-state index contributed by atoms with van der Waals surface area (Å²) in [5.74, 6) is 1.41. The molecule has 0 bridgehead atoms. The average Bonchev–Trinajstić information content (AvgIpc) is 2.64. The molecular weight excluding hydrogens is 459 g/mol. The minimum absolute atomic E-state index is 0. The van der Waals surface area contributed by atoms with Crippen LogP contribution in [-0.4, -0.2) is 30.6 Å². The molecule has 0 radical (unpaired) electrons. The van der Waals surface area contributed by atoms with Gasteiger partial charge in [-0.1, -0.05) is 36.4 Å². The third-order valence-electron chi connectivity index (χ3n) is 3.84. The number of rotatable bonds is 7. The number of halogens is 1. The average molecular weight is 484 g/mol. The summed E-state index contributed by atoms with van der Waals surface area (Å²) in [6.45, 7) is 4.83. The molecule has 0 spiro atoms. The molecule has 1 atom stereocenters. The molecule has 2 rings (SSSR count). The summed E-state index contributed by atoms with van der Waals surface area (Å²) in [7, 11) is 1.65. The zero-order chi connectivity index (χ0) is 18.9. The number of ether oxygens (including phenoxy) is 1. The van der Waals surface area contributed by atoms with Crippen molar-refractivity contribution in [2.24, 2.45) is 4.99 Å². The highest BCUT2D eigenvalue weighted by Gasteiger charge is 2.13. The summed E-state index contributed by atoms with van der Waals surface area (Å²) in [5.41, 5.74) is 1.77. The van der Waals surface area contributed by atoms with E-state index in [-0.39, 0.29) is 40.7 Å². The largest absolute Gasteiger partial charge is 0.489 e. The minimum atomic E-state index is -0.384. The van der Waals surface area contributed by atoms with Gasteiger partial charge in [-0.3, -0.25) is 15.1 Å². The Bertz CT molecular complexity index is 783. The first-order chi connectivity index (χ1) is 12.5. The van der Waals surface area contributed by atoms with Gasteiger partial charge in [-0.05, 0) is 25.5 Å². The van der Waals surface area contributed by atoms with Crippen LogP contribution in [0.25, 0.3) is 0 Å². The number of nitrogens with one attached hydrogen (secondary N) is 2. The summed E-state index contributed by atoms with van der Waals surface area (Å²) in [5, 5.41) is 17.3. The SMILES string of the molecule is CN=C(NCc1ccccc1[N+](=O)[O-])NCC(C)Oc1ccccc1C.I. The van der Waals surface area contributed by atoms with E-state index < -0.39 is 0 Å². The van der Waals surface area contributed by atoms with E-state index in [9.17, 15) is 10.1 Å². The van der Waals surface area contributed by atoms with Crippen LogP contribution in [0.2, 0.25) is 0 Å². The van der Waals surface area contributed by atoms with E-state index in [0.29, 0.717) is 24.6 Å². The number of nitrogens with zero attached hydrogens (tertiary/aromatic N) is 2. The van der Waals surface area contributed by atoms with Crippen LogP contribution in [0.1, 0.15) is 18.1 Å². The van der Waals surface area contributed by atoms with Gasteiger partial charge in [0.25, 0.3) is 5.69 Å². The Kier molecular flexibility index (Phi) is 9.55. The summed E-state index contributed by atoms with van der Waals surface area (Å²) in [4.78, 5) is 14.8. The molecular formula is C19H25IN4O3. The minimum Gasteiger partial charge on any atom is -0.489 e. The molecule has 2 aromatic rings. The summed E-state index contributed by atoms with van der Waals surface area (Å²) in [6, 6.07) is 14.5. The lowest BCUT2D eigenvalue weighted by Gasteiger charge is -2.18. The van der Waals surface area contributed by atoms with Crippen LogP contribution in [-0.2, 0) is 6.54 Å². The van der Waals surface area contributed by atoms with Crippen molar-refractivity contribution in [1.29, 1.82) is 0 Å². The van der Waals surface area contributed by atoms with Crippen molar-refractivity contribution in [3.05, 3.63) is 69.8 Å². The van der Waals surface area contributed by atoms with Crippen molar-refractivity contribution in [3.8, 4) is 5.75 Å². The molecule has 0 aliphatic heterocycles. The number of para-hydroxylation sites is 2. The van der Waals surface area contributed by atoms with Gasteiger partial charge in [0, 0.05) is 25.2 Å². The van der Waals surface area contributed by atoms with Crippen molar-refractivity contribution in [2.45, 2.75) is 26.5 Å². The number of hydrogen-bond acceptors (Lipinski definition) is 4. The zero-order valence-corrected chi connectivity index (χ0v) is 18.0. The van der Waals surface area contributed by atoms with Gasteiger partial charge in [-0.2, -0.15) is 0 Å². The fourth-order valence-electron chi connectivity index (χ4n) is 2.43. The predicted octanol–water partition coefficient (Wildman–Crippen LogP) is 3.65. The second-order valence-corrected chi connectivity index (χ2v) is 5.89. The van der Waals surface area contributed by atoms with Crippen molar-refractivity contribution >= 4 is 35.6 Å². The molecule has 8 heteroatoms. The molecule has 0 fully saturated rings. The number of aliphatic imine (C=N–C) groups is 1. The van der Waals surface area contributed by atoms with Crippen LogP contribution >= 0.6 is 24.0 Å². The van der Waals surface area contributed by atoms with Gasteiger partial charge in [0.1, 0.15) is 11.9 Å². The van der Waals surface area contributed by atoms with Crippen molar-refractivity contribution in [3.63, 3.8) is 0 Å². The molecule has 0 aromatic heterocycles. The maximum atomic E-state index is 11.1. The van der Waals surface area contributed by atoms with Gasteiger partial charge in [0.15, 0.2) is 5.96 Å². The topological polar surface area (TPSA) is 88.8 Å². The van der Waals surface area contributed by atoms with Crippen LogP contribution in [0.3, 0.4) is 0 Å². The highest BCUT2D eigenvalue weighted by Crippen LogP contribution is 2.18. The second-order valence-electron chi connectivity index (χ2n) is 5.89. The smallest absolute Gasteiger partial charge is 0.274 e. The van der Waals surface area contributed by atoms with Gasteiger partial charge < -0.3 is 15.4 Å². The summed E-state index contributed by atoms with van der Waals surface area (Å²) in [6.07, 6.45) is -0.0688. The van der Waals surface area contributed by atoms with Gasteiger partial charge in [0.2, 0.25) is 0 Å². The first-order valence-electron chi connectivity index (χ1n) is 8.40. The first-order valence-corrected chi connectivity index (χ1v) is 8.40. The molecule has 0 heterocycles. The molecule has 0 aliphatic carbocycles. The Hall–Kier alpha value is -2.36. The number of nitro groups is 1. The predicted molar refractivity (Wildman–Crippen MR) is 118 cm³/mol. The number of aryl methyl sites for hydroxylation is 1. The van der Waals surface area contributed by atoms with E-state index in [1.165, 1.54) is 6.07 Å². The third kappa shape index (κ3) is 7.05. The van der Waals surface area contributed by atoms with Crippen molar-refractivity contribution in [1.82, 2.24) is 10.6 Å². The molecule has 7 nitrogen and oxygen atoms in total. The Morgan fingerprint density at radius 3 is 2.52 bits per heavy atom. The van der Waals surface area contributed by atoms with Crippen LogP contribution in [0.5, 0.6) is 5.75 Å². The standard InChI is InChI=1S/C19H24N4O3.HI/c1-14-8-4-7-11-18(14)26-15(2)12-21-19(20-3)22-13-16-9-5-6-10-17(16)23(24)25;/h4-11,15H,12-13H2,1-3H3,(H2,20,21,22);1H. The Morgan fingerprint density at radius 2 is 1.85 bits per heavy atom. The molecule has 0 saturated heterocycles. The zero-order valence-electron chi connectivity index (χ0n) is 15.6. The summed E-state index contributed by atoms with van der Waals surface area (Å²) >= 11 is 0. The van der Waals surface area contributed by atoms with Crippen molar-refractivity contribution in [2.75, 3.05) is 13.6 Å². The monoisotopic (exact) mass is 484 g/mol. The van der Waals surface area contributed by atoms with E-state index >= 15 is 0 Å². The third-order valence-corrected chi connectivity index (χ3v) is 3.84. The molecule has 146 valence electrons. The van der Waals surface area contributed by atoms with Crippen LogP contribution in [0.4, 0.5) is 5.69 Å². The van der Waals surface area contributed by atoms with Gasteiger partial charge in [0.05, 0.1) is 11.5 Å². The normalized spacial score (nSPS) is 11.9. The van der Waals surface area contributed by atoms with Crippen LogP contribution < -0.4 is 15.4 Å². The Labute approximate surface area is 176 Å². The number of benzene rings is 2. The molecule has 0 saturated carbocycles. The fourth-order valence-corrected chi connectivity index (χ4v) is 2.43. The maximum Gasteiger partial charge on any atom is 0.274 e. The lowest BCUT2D eigenvalue weighted by molar-refractivity contribution is -0.385. The van der Waals surface area contributed by atoms with Crippen LogP contribution in [0.15, 0.2) is 53.5 Å². The molecule has 0 amide bonds. The molecule has 2 aromatic carbocycles. The molecule has 27 heavy (non-hydrogen) atoms. The number of guanidine groups is 1. The van der Waals surface area contributed by atoms with Gasteiger partial charge in [-0.25, -0.2) is 0 Å². The van der Waals surface area contributed by atoms with E-state index in [2.05, 4.69) is 15.6 Å². The van der Waals surface area contributed by atoms with Crippen LogP contribution in [0, 0.1) is 17.0 Å². The van der Waals surface area contributed by atoms with E-state index in [4.69, 9.17) is 4.74 Å². The van der Waals surface area contributed by atoms with E-state index in [0.717, 1.165) is 11.3 Å².